The highest BCUT2D eigenvalue weighted by Gasteiger charge is 2.20. The normalized spacial score (nSPS) is 20.4. The van der Waals surface area contributed by atoms with Crippen LogP contribution in [0.25, 0.3) is 0 Å². The van der Waals surface area contributed by atoms with Crippen molar-refractivity contribution in [2.45, 2.75) is 25.1 Å². The molecule has 1 unspecified atom stereocenters. The van der Waals surface area contributed by atoms with Gasteiger partial charge in [0.1, 0.15) is 11.7 Å². The predicted molar refractivity (Wildman–Crippen MR) is 79.2 cm³/mol. The summed E-state index contributed by atoms with van der Waals surface area (Å²) in [6.07, 6.45) is 1.17. The lowest BCUT2D eigenvalue weighted by atomic mass is 10.1. The molecular formula is C14H20FN3S. The van der Waals surface area contributed by atoms with Crippen LogP contribution >= 0.6 is 11.8 Å². The maximum Gasteiger partial charge on any atom is 0.123 e. The first-order valence-electron chi connectivity index (χ1n) is 6.57. The molecule has 0 bridgehead atoms. The number of thioether (sulfide) groups is 1. The molecule has 1 aliphatic heterocycles. The molecule has 0 aliphatic carbocycles. The second-order valence-corrected chi connectivity index (χ2v) is 6.26. The van der Waals surface area contributed by atoms with E-state index in [1.165, 1.54) is 18.6 Å². The summed E-state index contributed by atoms with van der Waals surface area (Å²) in [5.41, 5.74) is 7.00. The molecule has 3 nitrogen and oxygen atoms in total. The molecule has 1 atom stereocenters. The molecule has 0 aromatic heterocycles. The van der Waals surface area contributed by atoms with Gasteiger partial charge in [-0.15, -0.1) is 0 Å². The summed E-state index contributed by atoms with van der Waals surface area (Å²) in [4.78, 5) is 2.37. The Kier molecular flexibility index (Phi) is 4.82. The topological polar surface area (TPSA) is 53.1 Å². The summed E-state index contributed by atoms with van der Waals surface area (Å²) >= 11 is 2.02. The molecular weight excluding hydrogens is 261 g/mol. The van der Waals surface area contributed by atoms with Crippen LogP contribution in [0, 0.1) is 11.2 Å². The lowest BCUT2D eigenvalue weighted by Gasteiger charge is -2.32. The van der Waals surface area contributed by atoms with E-state index in [4.69, 9.17) is 11.1 Å². The zero-order valence-corrected chi connectivity index (χ0v) is 12.0. The Balaban J connectivity index is 2.12. The van der Waals surface area contributed by atoms with Gasteiger partial charge >= 0.3 is 0 Å². The van der Waals surface area contributed by atoms with Crippen LogP contribution in [0.3, 0.4) is 0 Å². The van der Waals surface area contributed by atoms with E-state index in [1.54, 1.807) is 6.07 Å². The average molecular weight is 281 g/mol. The van der Waals surface area contributed by atoms with Gasteiger partial charge in [0, 0.05) is 36.2 Å². The number of halogens is 1. The number of hydrogen-bond donors (Lipinski definition) is 2. The molecule has 19 heavy (non-hydrogen) atoms. The van der Waals surface area contributed by atoms with Crippen molar-refractivity contribution in [2.24, 2.45) is 5.73 Å². The third-order valence-corrected chi connectivity index (χ3v) is 4.81. The standard InChI is InChI=1S/C14H20FN3S/c1-2-12-9-18(5-6-19-12)8-10-3-4-11(15)7-13(10)14(16)17/h3-4,7,12H,2,5-6,8-9H2,1H3,(H3,16,17). The van der Waals surface area contributed by atoms with Gasteiger partial charge in [-0.1, -0.05) is 13.0 Å². The number of benzene rings is 1. The molecule has 0 saturated carbocycles. The third kappa shape index (κ3) is 3.70. The molecule has 1 aromatic carbocycles. The van der Waals surface area contributed by atoms with Crippen LogP contribution in [0.4, 0.5) is 4.39 Å². The number of nitrogens with one attached hydrogen (secondary N) is 1. The molecule has 1 aromatic rings. The van der Waals surface area contributed by atoms with Crippen molar-refractivity contribution in [3.63, 3.8) is 0 Å². The SMILES string of the molecule is CCC1CN(Cc2ccc(F)cc2C(=N)N)CCS1. The zero-order chi connectivity index (χ0) is 13.8. The highest BCUT2D eigenvalue weighted by atomic mass is 32.2. The number of nitrogens with zero attached hydrogens (tertiary/aromatic N) is 1. The van der Waals surface area contributed by atoms with Gasteiger partial charge in [-0.25, -0.2) is 4.39 Å². The smallest absolute Gasteiger partial charge is 0.123 e. The summed E-state index contributed by atoms with van der Waals surface area (Å²) in [5, 5.41) is 8.23. The molecule has 1 saturated heterocycles. The first-order valence-corrected chi connectivity index (χ1v) is 7.61. The van der Waals surface area contributed by atoms with E-state index in [2.05, 4.69) is 11.8 Å². The van der Waals surface area contributed by atoms with Crippen molar-refractivity contribution in [1.82, 2.24) is 4.90 Å². The molecule has 0 radical (unpaired) electrons. The highest BCUT2D eigenvalue weighted by Crippen LogP contribution is 2.23. The van der Waals surface area contributed by atoms with Crippen LogP contribution < -0.4 is 5.73 Å². The van der Waals surface area contributed by atoms with Gasteiger partial charge in [0.15, 0.2) is 0 Å². The van der Waals surface area contributed by atoms with Crippen molar-refractivity contribution in [3.8, 4) is 0 Å². The fourth-order valence-electron chi connectivity index (χ4n) is 2.35. The molecule has 1 aliphatic rings. The summed E-state index contributed by atoms with van der Waals surface area (Å²) in [6, 6.07) is 4.54. The number of rotatable bonds is 4. The second kappa shape index (κ2) is 6.39. The zero-order valence-electron chi connectivity index (χ0n) is 11.2. The monoisotopic (exact) mass is 281 g/mol. The van der Waals surface area contributed by atoms with Crippen molar-refractivity contribution in [2.75, 3.05) is 18.8 Å². The largest absolute Gasteiger partial charge is 0.384 e. The molecule has 0 amide bonds. The first kappa shape index (κ1) is 14.3. The van der Waals surface area contributed by atoms with Crippen LogP contribution in [0.1, 0.15) is 24.5 Å². The van der Waals surface area contributed by atoms with E-state index in [1.807, 2.05) is 11.8 Å². The number of nitrogen functional groups attached to an aromatic ring is 1. The lowest BCUT2D eigenvalue weighted by molar-refractivity contribution is 0.273. The Morgan fingerprint density at radius 1 is 1.58 bits per heavy atom. The van der Waals surface area contributed by atoms with Crippen LogP contribution in [-0.4, -0.2) is 34.8 Å². The lowest BCUT2D eigenvalue weighted by Crippen LogP contribution is -2.37. The summed E-state index contributed by atoms with van der Waals surface area (Å²) < 4.78 is 13.2. The quantitative estimate of drug-likeness (QED) is 0.658. The highest BCUT2D eigenvalue weighted by molar-refractivity contribution is 8.00. The third-order valence-electron chi connectivity index (χ3n) is 3.43. The summed E-state index contributed by atoms with van der Waals surface area (Å²) in [5.74, 6) is 0.734. The van der Waals surface area contributed by atoms with Gasteiger partial charge < -0.3 is 5.73 Å². The minimum atomic E-state index is -0.338. The van der Waals surface area contributed by atoms with Crippen LogP contribution in [0.15, 0.2) is 18.2 Å². The van der Waals surface area contributed by atoms with Gasteiger partial charge in [0.2, 0.25) is 0 Å². The van der Waals surface area contributed by atoms with Gasteiger partial charge in [-0.2, -0.15) is 11.8 Å². The molecule has 1 fully saturated rings. The first-order chi connectivity index (χ1) is 9.10. The van der Waals surface area contributed by atoms with Gasteiger partial charge in [0.25, 0.3) is 0 Å². The van der Waals surface area contributed by atoms with Crippen molar-refractivity contribution in [3.05, 3.63) is 35.1 Å². The fraction of sp³-hybridized carbons (Fsp3) is 0.500. The minimum Gasteiger partial charge on any atom is -0.384 e. The molecule has 1 heterocycles. The Bertz CT molecular complexity index is 464. The fourth-order valence-corrected chi connectivity index (χ4v) is 3.60. The molecule has 3 N–H and O–H groups in total. The van der Waals surface area contributed by atoms with E-state index in [0.717, 1.165) is 31.0 Å². The Morgan fingerprint density at radius 3 is 3.05 bits per heavy atom. The van der Waals surface area contributed by atoms with Crippen molar-refractivity contribution >= 4 is 17.6 Å². The van der Waals surface area contributed by atoms with E-state index in [-0.39, 0.29) is 11.7 Å². The average Bonchev–Trinajstić information content (AvgIpc) is 2.41. The Labute approximate surface area is 117 Å². The second-order valence-electron chi connectivity index (χ2n) is 4.85. The van der Waals surface area contributed by atoms with Gasteiger partial charge in [-0.3, -0.25) is 10.3 Å². The Hall–Kier alpha value is -1.07. The van der Waals surface area contributed by atoms with Crippen LogP contribution in [-0.2, 0) is 6.54 Å². The van der Waals surface area contributed by atoms with E-state index >= 15 is 0 Å². The van der Waals surface area contributed by atoms with Crippen molar-refractivity contribution in [1.29, 1.82) is 5.41 Å². The number of hydrogen-bond acceptors (Lipinski definition) is 3. The van der Waals surface area contributed by atoms with E-state index in [0.29, 0.717) is 10.8 Å². The molecule has 0 spiro atoms. The molecule has 2 rings (SSSR count). The maximum absolute atomic E-state index is 13.2. The molecule has 104 valence electrons. The van der Waals surface area contributed by atoms with Gasteiger partial charge in [0.05, 0.1) is 0 Å². The van der Waals surface area contributed by atoms with Crippen molar-refractivity contribution < 1.29 is 4.39 Å². The number of amidine groups is 1. The summed E-state index contributed by atoms with van der Waals surface area (Å²) in [6.45, 7) is 5.04. The Morgan fingerprint density at radius 2 is 2.37 bits per heavy atom. The van der Waals surface area contributed by atoms with E-state index < -0.39 is 0 Å². The maximum atomic E-state index is 13.2. The van der Waals surface area contributed by atoms with E-state index in [9.17, 15) is 4.39 Å². The predicted octanol–water partition coefficient (Wildman–Crippen LogP) is 2.44. The van der Waals surface area contributed by atoms with Crippen LogP contribution in [0.2, 0.25) is 0 Å². The summed E-state index contributed by atoms with van der Waals surface area (Å²) in [7, 11) is 0. The van der Waals surface area contributed by atoms with Gasteiger partial charge in [-0.05, 0) is 24.1 Å². The minimum absolute atomic E-state index is 0.0621. The molecule has 5 heteroatoms. The van der Waals surface area contributed by atoms with Crippen LogP contribution in [0.5, 0.6) is 0 Å². The number of nitrogens with two attached hydrogens (primary N) is 1.